The number of hydrogen-bond acceptors (Lipinski definition) is 23. The van der Waals surface area contributed by atoms with Crippen LogP contribution < -0.4 is 41.7 Å². The van der Waals surface area contributed by atoms with E-state index in [1.165, 1.54) is 64.1 Å². The highest BCUT2D eigenvalue weighted by Gasteiger charge is 2.27. The summed E-state index contributed by atoms with van der Waals surface area (Å²) >= 11 is 0. The first-order chi connectivity index (χ1) is 58.1. The van der Waals surface area contributed by atoms with E-state index < -0.39 is 17.3 Å². The van der Waals surface area contributed by atoms with E-state index in [1.54, 1.807) is 178 Å². The molecule has 0 spiro atoms. The van der Waals surface area contributed by atoms with E-state index in [0.717, 1.165) is 55.7 Å². The molecule has 37 heteroatoms. The van der Waals surface area contributed by atoms with Crippen LogP contribution in [0.5, 0.6) is 23.0 Å². The van der Waals surface area contributed by atoms with Gasteiger partial charge in [-0.25, -0.2) is 71.1 Å². The third kappa shape index (κ3) is 13.0. The van der Waals surface area contributed by atoms with Crippen LogP contribution >= 0.6 is 0 Å². The lowest BCUT2D eigenvalue weighted by Gasteiger charge is -2.11. The molecule has 0 fully saturated rings. The zero-order valence-electron chi connectivity index (χ0n) is 66.0. The first-order valence-electron chi connectivity index (χ1n) is 36.6. The molecule has 596 valence electrons. The average molecular weight is 1610 g/mol. The number of aromatic nitrogens is 26. The van der Waals surface area contributed by atoms with Gasteiger partial charge >= 0.3 is 22.8 Å². The van der Waals surface area contributed by atoms with Gasteiger partial charge in [0.25, 0.3) is 0 Å². The average Bonchev–Trinajstić information content (AvgIpc) is 1.59. The summed E-state index contributed by atoms with van der Waals surface area (Å²) in [6.45, 7) is 0. The Kier molecular flexibility index (Phi) is 19.2. The van der Waals surface area contributed by atoms with Crippen LogP contribution in [-0.4, -0.2) is 154 Å². The number of aryl methyl sites for hydroxylation is 8. The second kappa shape index (κ2) is 30.3. The van der Waals surface area contributed by atoms with Gasteiger partial charge < -0.3 is 18.9 Å². The Labute approximate surface area is 674 Å². The van der Waals surface area contributed by atoms with E-state index in [1.807, 2.05) is 88.3 Å². The molecule has 20 rings (SSSR count). The van der Waals surface area contributed by atoms with Crippen molar-refractivity contribution in [2.24, 2.45) is 56.4 Å². The molecule has 0 aliphatic carbocycles. The molecule has 0 bridgehead atoms. The third-order valence-electron chi connectivity index (χ3n) is 20.5. The Morgan fingerprint density at radius 1 is 0.375 bits per heavy atom. The minimum Gasteiger partial charge on any atom is -0.496 e. The summed E-state index contributed by atoms with van der Waals surface area (Å²) < 4.78 is 68.8. The van der Waals surface area contributed by atoms with Crippen molar-refractivity contribution in [3.63, 3.8) is 0 Å². The number of nitrogens with zero attached hydrogens (tertiary/aromatic N) is 27. The monoisotopic (exact) mass is 1610 g/mol. The van der Waals surface area contributed by atoms with E-state index in [4.69, 9.17) is 24.2 Å². The molecule has 0 unspecified atom stereocenters. The summed E-state index contributed by atoms with van der Waals surface area (Å²) in [6.07, 6.45) is 26.5. The summed E-state index contributed by atoms with van der Waals surface area (Å²) in [5, 5.41) is 32.9. The second-order valence-corrected chi connectivity index (χ2v) is 27.6. The summed E-state index contributed by atoms with van der Waals surface area (Å²) in [5.74, 6) is 2.48. The van der Waals surface area contributed by atoms with E-state index in [0.29, 0.717) is 129 Å². The van der Waals surface area contributed by atoms with Crippen LogP contribution in [0.4, 0.5) is 8.78 Å². The number of pyridine rings is 7. The van der Waals surface area contributed by atoms with Crippen molar-refractivity contribution in [2.75, 3.05) is 28.4 Å². The Balaban J connectivity index is 0.000000114. The van der Waals surface area contributed by atoms with Crippen LogP contribution in [0.15, 0.2) is 209 Å². The van der Waals surface area contributed by atoms with Gasteiger partial charge in [-0.05, 0) is 66.7 Å². The van der Waals surface area contributed by atoms with E-state index in [9.17, 15) is 28.0 Å². The summed E-state index contributed by atoms with van der Waals surface area (Å²) in [4.78, 5) is 91.4. The van der Waals surface area contributed by atoms with Crippen LogP contribution in [0.2, 0.25) is 0 Å². The maximum absolute atomic E-state index is 14.6. The molecule has 0 amide bonds. The fourth-order valence-corrected chi connectivity index (χ4v) is 14.6. The van der Waals surface area contributed by atoms with Crippen molar-refractivity contribution in [1.29, 1.82) is 5.26 Å². The Morgan fingerprint density at radius 2 is 0.758 bits per heavy atom. The van der Waals surface area contributed by atoms with E-state index in [2.05, 4.69) is 70.5 Å². The highest BCUT2D eigenvalue weighted by Crippen LogP contribution is 2.41. The smallest absolute Gasteiger partial charge is 0.335 e. The van der Waals surface area contributed by atoms with Gasteiger partial charge in [-0.15, -0.1) is 5.10 Å². The molecule has 16 heterocycles. The third-order valence-corrected chi connectivity index (χ3v) is 20.5. The number of hydrogen-bond donors (Lipinski definition) is 0. The van der Waals surface area contributed by atoms with Crippen LogP contribution in [0.25, 0.3) is 156 Å². The maximum Gasteiger partial charge on any atom is 0.335 e. The number of rotatable bonds is 12. The number of nitriles is 1. The lowest BCUT2D eigenvalue weighted by molar-refractivity contribution is 0.416. The largest absolute Gasteiger partial charge is 0.496 e. The van der Waals surface area contributed by atoms with Gasteiger partial charge in [0.1, 0.15) is 52.2 Å². The molecule has 0 N–H and O–H groups in total. The van der Waals surface area contributed by atoms with Gasteiger partial charge in [-0.2, -0.15) is 20.6 Å². The van der Waals surface area contributed by atoms with Crippen LogP contribution in [0.3, 0.4) is 0 Å². The molecule has 120 heavy (non-hydrogen) atoms. The fourth-order valence-electron chi connectivity index (χ4n) is 14.6. The lowest BCUT2D eigenvalue weighted by atomic mass is 10.0. The first kappa shape index (κ1) is 76.1. The Bertz CT molecular complexity index is 7810. The SMILES string of the molecule is COc1cc2ncc3c(c2cc1-c1cn(C)nn1)n(-c1ncccc1F)c(=O)n3C.COc1cc2ncc3c(c2cc1-c1cnn(C)c1)n(-c1ccc(C#N)cn1)c(=O)n3C.COc1cc2ncc3c(c2cc1-c1cnn(C)c1)n(-c1ccc(F)cn1)c(=O)n3C.COc1cc2ncc3c(c2cc1-c1cnn(C)c1)n(-c1ncccn1)c(=O)n3C. The number of ether oxygens (including phenoxy) is 4. The first-order valence-corrected chi connectivity index (χ1v) is 36.6. The minimum atomic E-state index is -0.597. The topological polar surface area (TPSA) is 369 Å². The number of imidazole rings is 4. The summed E-state index contributed by atoms with van der Waals surface area (Å²) in [5.41, 5.74) is 13.4. The minimum absolute atomic E-state index is 0.0718. The second-order valence-electron chi connectivity index (χ2n) is 27.6. The molecule has 0 saturated carbocycles. The van der Waals surface area contributed by atoms with Crippen molar-refractivity contribution < 1.29 is 27.7 Å². The molecular formula is C83H67F2N27O8. The molecule has 16 aromatic heterocycles. The maximum atomic E-state index is 14.6. The van der Waals surface area contributed by atoms with Crippen molar-refractivity contribution in [3.8, 4) is 97.1 Å². The Morgan fingerprint density at radius 3 is 1.12 bits per heavy atom. The Hall–Kier alpha value is -16.6. The molecule has 0 radical (unpaired) electrons. The van der Waals surface area contributed by atoms with Crippen molar-refractivity contribution in [1.82, 2.24) is 126 Å². The predicted molar refractivity (Wildman–Crippen MR) is 442 cm³/mol. The number of benzene rings is 4. The molecule has 4 aromatic carbocycles. The van der Waals surface area contributed by atoms with Crippen LogP contribution in [0, 0.1) is 23.0 Å². The molecular weight excluding hydrogens is 1540 g/mol. The van der Waals surface area contributed by atoms with Crippen molar-refractivity contribution in [2.45, 2.75) is 0 Å². The predicted octanol–water partition coefficient (Wildman–Crippen LogP) is 9.67. The van der Waals surface area contributed by atoms with Gasteiger partial charge in [-0.3, -0.25) is 56.9 Å². The van der Waals surface area contributed by atoms with Gasteiger partial charge in [0.2, 0.25) is 5.95 Å². The molecule has 0 saturated heterocycles. The highest BCUT2D eigenvalue weighted by atomic mass is 19.1. The summed E-state index contributed by atoms with van der Waals surface area (Å²) in [6, 6.07) is 27.6. The normalized spacial score (nSPS) is 11.4. The van der Waals surface area contributed by atoms with Crippen LogP contribution in [0.1, 0.15) is 5.56 Å². The molecule has 0 atom stereocenters. The van der Waals surface area contributed by atoms with E-state index in [-0.39, 0.29) is 22.9 Å². The standard InChI is InChI=1S/C22H17N7O2.C21H17FN6O2.C20H16FN7O2.C20H17N7O2/c1-27-12-14(10-26-27)15-6-16-17(7-19(15)31-3)24-11-18-21(16)29(22(30)28(18)2)20-5-4-13(8-23)9-25-20;1-26-11-12(8-25-26)14-6-15-16(7-18(14)30-3)23-10-17-20(15)28(21(29)27(17)2)19-5-4-13(22)9-24-19;1-26-10-15(24-25-26)11-7-12-14(8-17(11)30-3)23-9-16-18(12)28(20(29)27(16)2)19-13(21)5-4-6-22-19;1-25-11-12(9-24-25)13-7-14-15(8-17(13)29-3)23-10-16-18(14)27(20(28)26(16)2)19-21-5-4-6-22-19/h4-7,9-12H,1-3H3;4-11H,1-3H3;4-10H,1-3H3;4-11H,1-3H3. The number of halogens is 2. The van der Waals surface area contributed by atoms with Crippen molar-refractivity contribution in [3.05, 3.63) is 249 Å². The van der Waals surface area contributed by atoms with Crippen molar-refractivity contribution >= 4 is 87.7 Å². The molecule has 0 aliphatic rings. The van der Waals surface area contributed by atoms with Gasteiger partial charge in [-0.1, -0.05) is 5.21 Å². The molecule has 35 nitrogen and oxygen atoms in total. The van der Waals surface area contributed by atoms with Gasteiger partial charge in [0.05, 0.1) is 156 Å². The van der Waals surface area contributed by atoms with Gasteiger partial charge in [0, 0.05) is 185 Å². The molecule has 20 aromatic rings. The zero-order chi connectivity index (χ0) is 83.8. The quantitative estimate of drug-likeness (QED) is 0.110. The summed E-state index contributed by atoms with van der Waals surface area (Å²) in [7, 11) is 20.4. The van der Waals surface area contributed by atoms with Gasteiger partial charge in [0.15, 0.2) is 11.6 Å². The zero-order valence-corrected chi connectivity index (χ0v) is 66.0. The molecule has 0 aliphatic heterocycles. The fraction of sp³-hybridized carbons (Fsp3) is 0.145. The number of fused-ring (bicyclic) bond motifs is 12. The van der Waals surface area contributed by atoms with Crippen LogP contribution in [-0.2, 0) is 56.4 Å². The number of methoxy groups -OCH3 is 4. The lowest BCUT2D eigenvalue weighted by Crippen LogP contribution is -2.22. The highest BCUT2D eigenvalue weighted by molar-refractivity contribution is 6.09. The van der Waals surface area contributed by atoms with E-state index >= 15 is 0 Å².